The van der Waals surface area contributed by atoms with Crippen molar-refractivity contribution in [3.63, 3.8) is 0 Å². The lowest BCUT2D eigenvalue weighted by Gasteiger charge is -2.08. The lowest BCUT2D eigenvalue weighted by molar-refractivity contribution is -0.384. The fourth-order valence-corrected chi connectivity index (χ4v) is 1.53. The van der Waals surface area contributed by atoms with Gasteiger partial charge >= 0.3 is 5.69 Å². The minimum Gasteiger partial charge on any atom is -0.360 e. The molecule has 4 N–H and O–H groups in total. The van der Waals surface area contributed by atoms with E-state index in [1.54, 1.807) is 18.2 Å². The maximum atomic E-state index is 13.5. The van der Waals surface area contributed by atoms with E-state index in [4.69, 9.17) is 5.84 Å². The van der Waals surface area contributed by atoms with Crippen LogP contribution in [0.4, 0.5) is 21.8 Å². The quantitative estimate of drug-likeness (QED) is 0.430. The number of anilines is 2. The molecular weight excluding hydrogens is 267 g/mol. The summed E-state index contributed by atoms with van der Waals surface area (Å²) in [6.07, 6.45) is 1.02. The Labute approximate surface area is 113 Å². The maximum Gasteiger partial charge on any atom is 0.329 e. The second kappa shape index (κ2) is 5.89. The van der Waals surface area contributed by atoms with Gasteiger partial charge in [-0.1, -0.05) is 18.2 Å². The molecule has 1 heterocycles. The second-order valence-corrected chi connectivity index (χ2v) is 3.77. The molecule has 0 aliphatic heterocycles. The van der Waals surface area contributed by atoms with E-state index in [-0.39, 0.29) is 24.0 Å². The van der Waals surface area contributed by atoms with Crippen LogP contribution in [0.2, 0.25) is 0 Å². The number of nitrogens with zero attached hydrogens (tertiary/aromatic N) is 3. The van der Waals surface area contributed by atoms with Gasteiger partial charge in [0.2, 0.25) is 11.8 Å². The van der Waals surface area contributed by atoms with Crippen molar-refractivity contribution in [1.29, 1.82) is 0 Å². The van der Waals surface area contributed by atoms with Gasteiger partial charge in [0, 0.05) is 12.1 Å². The van der Waals surface area contributed by atoms with Crippen LogP contribution in [0.1, 0.15) is 5.56 Å². The van der Waals surface area contributed by atoms with Crippen molar-refractivity contribution < 1.29 is 9.31 Å². The predicted molar refractivity (Wildman–Crippen MR) is 70.2 cm³/mol. The molecule has 0 spiro atoms. The third-order valence-corrected chi connectivity index (χ3v) is 2.50. The first kappa shape index (κ1) is 13.6. The van der Waals surface area contributed by atoms with Gasteiger partial charge in [-0.25, -0.2) is 15.2 Å². The van der Waals surface area contributed by atoms with Gasteiger partial charge in [0.1, 0.15) is 12.0 Å². The van der Waals surface area contributed by atoms with Crippen LogP contribution in [0, 0.1) is 15.9 Å². The fraction of sp³-hybridized carbons (Fsp3) is 0.0909. The zero-order chi connectivity index (χ0) is 14.5. The Kier molecular flexibility index (Phi) is 4.01. The number of halogens is 1. The zero-order valence-electron chi connectivity index (χ0n) is 10.2. The number of nitro groups is 1. The molecule has 0 saturated heterocycles. The Morgan fingerprint density at radius 1 is 1.40 bits per heavy atom. The Balaban J connectivity index is 2.24. The lowest BCUT2D eigenvalue weighted by atomic mass is 10.2. The first-order valence-corrected chi connectivity index (χ1v) is 5.57. The summed E-state index contributed by atoms with van der Waals surface area (Å²) in [6, 6.07) is 6.10. The van der Waals surface area contributed by atoms with Gasteiger partial charge in [-0.3, -0.25) is 15.5 Å². The summed E-state index contributed by atoms with van der Waals surface area (Å²) in [7, 11) is 0. The summed E-state index contributed by atoms with van der Waals surface area (Å²) in [5, 5.41) is 13.6. The van der Waals surface area contributed by atoms with E-state index < -0.39 is 10.7 Å². The van der Waals surface area contributed by atoms with E-state index in [0.29, 0.717) is 5.56 Å². The molecule has 0 aliphatic carbocycles. The summed E-state index contributed by atoms with van der Waals surface area (Å²) < 4.78 is 13.5. The standard InChI is InChI=1S/C11H11FN6O2/c12-8-4-2-1-3-7(8)5-14-10-9(18(19)20)6-15-11(16-10)17-13/h1-4,6H,5,13H2,(H2,14,15,16,17). The van der Waals surface area contributed by atoms with Gasteiger partial charge in [-0.15, -0.1) is 0 Å². The Hall–Kier alpha value is -2.81. The highest BCUT2D eigenvalue weighted by Gasteiger charge is 2.17. The van der Waals surface area contributed by atoms with Crippen molar-refractivity contribution in [1.82, 2.24) is 9.97 Å². The number of nitrogens with two attached hydrogens (primary N) is 1. The molecule has 9 heteroatoms. The van der Waals surface area contributed by atoms with Crippen molar-refractivity contribution in [2.45, 2.75) is 6.54 Å². The van der Waals surface area contributed by atoms with Crippen molar-refractivity contribution in [2.24, 2.45) is 5.84 Å². The molecule has 1 aromatic heterocycles. The predicted octanol–water partition coefficient (Wildman–Crippen LogP) is 1.42. The number of aromatic nitrogens is 2. The van der Waals surface area contributed by atoms with E-state index in [1.807, 2.05) is 0 Å². The highest BCUT2D eigenvalue weighted by molar-refractivity contribution is 5.57. The Bertz CT molecular complexity index is 636. The van der Waals surface area contributed by atoms with E-state index in [0.717, 1.165) is 6.20 Å². The van der Waals surface area contributed by atoms with E-state index in [1.165, 1.54) is 6.07 Å². The normalized spacial score (nSPS) is 10.1. The van der Waals surface area contributed by atoms with E-state index in [9.17, 15) is 14.5 Å². The van der Waals surface area contributed by atoms with Gasteiger partial charge in [0.15, 0.2) is 0 Å². The Morgan fingerprint density at radius 3 is 2.80 bits per heavy atom. The van der Waals surface area contributed by atoms with Gasteiger partial charge in [-0.05, 0) is 6.07 Å². The highest BCUT2D eigenvalue weighted by atomic mass is 19.1. The van der Waals surface area contributed by atoms with Crippen LogP contribution in [-0.2, 0) is 6.54 Å². The molecule has 0 bridgehead atoms. The second-order valence-electron chi connectivity index (χ2n) is 3.77. The minimum absolute atomic E-state index is 0.0200. The average Bonchev–Trinajstić information content (AvgIpc) is 2.46. The Morgan fingerprint density at radius 2 is 2.15 bits per heavy atom. The molecule has 8 nitrogen and oxygen atoms in total. The van der Waals surface area contributed by atoms with Crippen molar-refractivity contribution in [2.75, 3.05) is 10.7 Å². The van der Waals surface area contributed by atoms with Crippen LogP contribution in [0.3, 0.4) is 0 Å². The van der Waals surface area contributed by atoms with Crippen molar-refractivity contribution in [3.8, 4) is 0 Å². The summed E-state index contributed by atoms with van der Waals surface area (Å²) in [5.41, 5.74) is 2.23. The number of hydrogen-bond donors (Lipinski definition) is 3. The van der Waals surface area contributed by atoms with Gasteiger partial charge in [0.05, 0.1) is 4.92 Å². The summed E-state index contributed by atoms with van der Waals surface area (Å²) in [6.45, 7) is 0.0501. The van der Waals surface area contributed by atoms with Crippen molar-refractivity contribution in [3.05, 3.63) is 52.0 Å². The first-order chi connectivity index (χ1) is 9.61. The molecule has 104 valence electrons. The zero-order valence-corrected chi connectivity index (χ0v) is 10.2. The molecular formula is C11H11FN6O2. The largest absolute Gasteiger partial charge is 0.360 e. The van der Waals surface area contributed by atoms with Crippen LogP contribution in [0.15, 0.2) is 30.5 Å². The van der Waals surface area contributed by atoms with Crippen molar-refractivity contribution >= 4 is 17.5 Å². The minimum atomic E-state index is -0.635. The number of nitrogen functional groups attached to an aromatic ring is 1. The van der Waals surface area contributed by atoms with Crippen LogP contribution in [0.25, 0.3) is 0 Å². The third kappa shape index (κ3) is 2.95. The van der Waals surface area contributed by atoms with E-state index >= 15 is 0 Å². The molecule has 0 atom stereocenters. The van der Waals surface area contributed by atoms with Gasteiger partial charge < -0.3 is 5.32 Å². The molecule has 2 rings (SSSR count). The number of rotatable bonds is 5. The fourth-order valence-electron chi connectivity index (χ4n) is 1.53. The molecule has 0 amide bonds. The number of nitrogens with one attached hydrogen (secondary N) is 2. The molecule has 0 saturated carbocycles. The average molecular weight is 278 g/mol. The monoisotopic (exact) mass is 278 g/mol. The highest BCUT2D eigenvalue weighted by Crippen LogP contribution is 2.22. The molecule has 1 aromatic carbocycles. The number of hydrogen-bond acceptors (Lipinski definition) is 7. The maximum absolute atomic E-state index is 13.5. The molecule has 0 aliphatic rings. The van der Waals surface area contributed by atoms with Crippen LogP contribution < -0.4 is 16.6 Å². The smallest absolute Gasteiger partial charge is 0.329 e. The van der Waals surface area contributed by atoms with Gasteiger partial charge in [-0.2, -0.15) is 4.98 Å². The van der Waals surface area contributed by atoms with Crippen LogP contribution in [0.5, 0.6) is 0 Å². The summed E-state index contributed by atoms with van der Waals surface area (Å²) in [5.74, 6) is 4.71. The number of hydrazine groups is 1. The molecule has 0 fully saturated rings. The third-order valence-electron chi connectivity index (χ3n) is 2.50. The van der Waals surface area contributed by atoms with Gasteiger partial charge in [0.25, 0.3) is 0 Å². The SMILES string of the molecule is NNc1ncc([N+](=O)[O-])c(NCc2ccccc2F)n1. The summed E-state index contributed by atoms with van der Waals surface area (Å²) in [4.78, 5) is 17.7. The molecule has 2 aromatic rings. The van der Waals surface area contributed by atoms with E-state index in [2.05, 4.69) is 20.7 Å². The number of benzene rings is 1. The first-order valence-electron chi connectivity index (χ1n) is 5.57. The van der Waals surface area contributed by atoms with Crippen LogP contribution in [-0.4, -0.2) is 14.9 Å². The lowest BCUT2D eigenvalue weighted by Crippen LogP contribution is -2.13. The molecule has 0 unspecified atom stereocenters. The summed E-state index contributed by atoms with van der Waals surface area (Å²) >= 11 is 0. The van der Waals surface area contributed by atoms with Crippen LogP contribution >= 0.6 is 0 Å². The molecule has 0 radical (unpaired) electrons. The topological polar surface area (TPSA) is 119 Å². The molecule has 20 heavy (non-hydrogen) atoms.